The molecule has 6 aromatic carbocycles. The minimum absolute atomic E-state index is 0. The van der Waals surface area contributed by atoms with Gasteiger partial charge in [-0.05, 0) is 105 Å². The van der Waals surface area contributed by atoms with Gasteiger partial charge in [0.2, 0.25) is 0 Å². The molecular formula is C70H105F3N2O. The van der Waals surface area contributed by atoms with Gasteiger partial charge in [-0.1, -0.05) is 299 Å². The summed E-state index contributed by atoms with van der Waals surface area (Å²) in [5.41, 5.74) is 13.3. The van der Waals surface area contributed by atoms with Crippen molar-refractivity contribution in [3.05, 3.63) is 213 Å². The monoisotopic (exact) mass is 1050 g/mol. The minimum Gasteiger partial charge on any atom is -0.405 e. The molecule has 6 heteroatoms. The highest BCUT2D eigenvalue weighted by molar-refractivity contribution is 5.47. The number of hydrogen-bond donors (Lipinski definition) is 0. The van der Waals surface area contributed by atoms with Crippen LogP contribution in [-0.2, 0) is 5.41 Å². The lowest BCUT2D eigenvalue weighted by Gasteiger charge is -2.20. The molecule has 0 N–H and O–H groups in total. The molecule has 0 heterocycles. The van der Waals surface area contributed by atoms with Crippen molar-refractivity contribution in [3.8, 4) is 11.8 Å². The molecule has 6 aromatic rings. The van der Waals surface area contributed by atoms with Crippen molar-refractivity contribution in [2.45, 2.75) is 215 Å². The Bertz CT molecular complexity index is 2480. The second kappa shape index (κ2) is 39.3. The fraction of sp³-hybridized carbons (Fsp3) is 0.457. The van der Waals surface area contributed by atoms with Crippen LogP contribution in [0.1, 0.15) is 252 Å². The van der Waals surface area contributed by atoms with Crippen LogP contribution in [0.5, 0.6) is 5.75 Å². The quantitative estimate of drug-likeness (QED) is 0.142. The van der Waals surface area contributed by atoms with E-state index in [2.05, 4.69) is 205 Å². The van der Waals surface area contributed by atoms with E-state index in [1.807, 2.05) is 56.3 Å². The fourth-order valence-electron chi connectivity index (χ4n) is 7.11. The van der Waals surface area contributed by atoms with Crippen molar-refractivity contribution in [2.24, 2.45) is 0 Å². The third-order valence-electron chi connectivity index (χ3n) is 11.5. The van der Waals surface area contributed by atoms with Crippen LogP contribution < -0.4 is 4.74 Å². The normalized spacial score (nSPS) is 10.2. The number of halogens is 3. The van der Waals surface area contributed by atoms with Gasteiger partial charge in [0.15, 0.2) is 5.69 Å². The van der Waals surface area contributed by atoms with Crippen molar-refractivity contribution in [1.29, 1.82) is 5.26 Å². The summed E-state index contributed by atoms with van der Waals surface area (Å²) in [5.74, 6) is 3.40. The Morgan fingerprint density at radius 1 is 0.447 bits per heavy atom. The molecule has 3 nitrogen and oxygen atoms in total. The van der Waals surface area contributed by atoms with Gasteiger partial charge in [0, 0.05) is 0 Å². The number of aryl methyl sites for hydroxylation is 1. The maximum atomic E-state index is 12.0. The smallest absolute Gasteiger partial charge is 0.405 e. The first-order chi connectivity index (χ1) is 33.1. The Balaban J connectivity index is -0.000000263. The third-order valence-corrected chi connectivity index (χ3v) is 11.5. The lowest BCUT2D eigenvalue weighted by Crippen LogP contribution is -2.18. The largest absolute Gasteiger partial charge is 0.573 e. The maximum Gasteiger partial charge on any atom is 0.573 e. The maximum absolute atomic E-state index is 12.0. The van der Waals surface area contributed by atoms with E-state index in [0.717, 1.165) is 16.8 Å². The van der Waals surface area contributed by atoms with Gasteiger partial charge in [0.05, 0.1) is 18.2 Å². The molecule has 0 spiro atoms. The number of para-hydroxylation sites is 1. The van der Waals surface area contributed by atoms with E-state index in [0.29, 0.717) is 41.1 Å². The zero-order chi connectivity index (χ0) is 54.1. The van der Waals surface area contributed by atoms with Crippen LogP contribution in [0, 0.1) is 24.8 Å². The molecule has 0 saturated carbocycles. The van der Waals surface area contributed by atoms with Gasteiger partial charge < -0.3 is 4.74 Å². The van der Waals surface area contributed by atoms with Gasteiger partial charge in [-0.2, -0.15) is 5.26 Å². The summed E-state index contributed by atoms with van der Waals surface area (Å²) in [7, 11) is 0. The summed E-state index contributed by atoms with van der Waals surface area (Å²) >= 11 is 0. The molecule has 0 aromatic heterocycles. The molecule has 0 aliphatic heterocycles. The lowest BCUT2D eigenvalue weighted by atomic mass is 9.85. The zero-order valence-corrected chi connectivity index (χ0v) is 46.3. The number of rotatable bonds is 8. The molecule has 0 amide bonds. The highest BCUT2D eigenvalue weighted by Gasteiger charge is 2.32. The van der Waals surface area contributed by atoms with Crippen molar-refractivity contribution < 1.29 is 17.9 Å². The summed E-state index contributed by atoms with van der Waals surface area (Å²) in [6.45, 7) is 45.7. The topological polar surface area (TPSA) is 37.4 Å². The van der Waals surface area contributed by atoms with Crippen LogP contribution in [0.15, 0.2) is 146 Å². The average molecular weight is 1050 g/mol. The van der Waals surface area contributed by atoms with Crippen molar-refractivity contribution in [3.63, 3.8) is 0 Å². The van der Waals surface area contributed by atoms with Crippen LogP contribution in [0.25, 0.3) is 4.85 Å². The van der Waals surface area contributed by atoms with Gasteiger partial charge in [-0.3, -0.25) is 0 Å². The Morgan fingerprint density at radius 3 is 1.20 bits per heavy atom. The van der Waals surface area contributed by atoms with Gasteiger partial charge in [0.1, 0.15) is 5.75 Å². The molecule has 0 atom stereocenters. The number of nitrogens with zero attached hydrogens (tertiary/aromatic N) is 2. The van der Waals surface area contributed by atoms with E-state index in [4.69, 9.17) is 11.8 Å². The van der Waals surface area contributed by atoms with E-state index in [9.17, 15) is 13.2 Å². The molecule has 0 radical (unpaired) electrons. The lowest BCUT2D eigenvalue weighted by molar-refractivity contribution is -0.274. The van der Waals surface area contributed by atoms with Crippen LogP contribution in [0.3, 0.4) is 0 Å². The second-order valence-electron chi connectivity index (χ2n) is 21.0. The Hall–Kier alpha value is -6.11. The molecule has 0 saturated heterocycles. The summed E-state index contributed by atoms with van der Waals surface area (Å²) < 4.78 is 39.8. The Morgan fingerprint density at radius 2 is 0.829 bits per heavy atom. The van der Waals surface area contributed by atoms with E-state index in [1.54, 1.807) is 12.1 Å². The molecular weight excluding hydrogens is 942 g/mol. The number of hydrogen-bond acceptors (Lipinski definition) is 2. The molecule has 0 unspecified atom stereocenters. The van der Waals surface area contributed by atoms with Crippen molar-refractivity contribution >= 4 is 5.69 Å². The summed E-state index contributed by atoms with van der Waals surface area (Å²) in [6.07, 6.45) is -4.62. The molecule has 6 rings (SSSR count). The number of benzene rings is 6. The van der Waals surface area contributed by atoms with Crippen LogP contribution >= 0.6 is 0 Å². The number of nitriles is 1. The highest BCUT2D eigenvalue weighted by atomic mass is 19.4. The highest BCUT2D eigenvalue weighted by Crippen LogP contribution is 2.31. The first-order valence-electron chi connectivity index (χ1n) is 25.2. The Labute approximate surface area is 466 Å². The van der Waals surface area contributed by atoms with E-state index in [-0.39, 0.29) is 54.2 Å². The van der Waals surface area contributed by atoms with Gasteiger partial charge in [-0.25, -0.2) is 4.85 Å². The molecule has 0 aliphatic rings. The minimum atomic E-state index is -4.62. The molecule has 0 fully saturated rings. The van der Waals surface area contributed by atoms with Gasteiger partial charge >= 0.3 is 6.36 Å². The molecule has 0 aliphatic carbocycles. The third kappa shape index (κ3) is 30.4. The first kappa shape index (κ1) is 78.8. The predicted molar refractivity (Wildman–Crippen MR) is 332 cm³/mol. The van der Waals surface area contributed by atoms with Crippen molar-refractivity contribution in [2.75, 3.05) is 0 Å². The number of alkyl halides is 3. The number of ether oxygens (including phenoxy) is 1. The van der Waals surface area contributed by atoms with E-state index < -0.39 is 6.36 Å². The standard InChI is InChI=1S/C13H20.C12H18.C10H11F3O.2C10H11N.C10H14.5CH4/c1-10(2)11-7-6-8-12(9-11)13(3,4)5;1-9(2)11-7-5-6-8-12(11)10(3)4;1-7(2)8-5-3-4-6-9(8)14-10(11,12)13;1-8(2)9-5-4-6-10(7-9)11-3;1-8(2)10-6-4-3-5-9(10)7-11;1-8(2)10-6-4-9(3)5-7-10;;;;;/h6-10H,1-5H3;5-10H,1-4H3;3-7H,1-2H3;4-8H,1-2H3;3-6,8H,1-2H3;4-8H,1-3H3;5*1H4. The first-order valence-corrected chi connectivity index (χ1v) is 25.2. The molecule has 422 valence electrons. The molecule has 76 heavy (non-hydrogen) atoms. The van der Waals surface area contributed by atoms with E-state index >= 15 is 0 Å². The SMILES string of the molecule is C.C.C.C.C.CC(C)c1cccc(C(C)(C)C)c1.CC(C)c1ccccc1C#N.CC(C)c1ccccc1C(C)C.CC(C)c1ccccc1OC(F)(F)F.Cc1ccc(C(C)C)cc1.[C-]#[N+]c1cccc(C(C)C)c1. The fourth-order valence-corrected chi connectivity index (χ4v) is 7.11. The zero-order valence-electron chi connectivity index (χ0n) is 46.3. The summed E-state index contributed by atoms with van der Waals surface area (Å²) in [4.78, 5) is 3.36. The summed E-state index contributed by atoms with van der Waals surface area (Å²) in [6, 6.07) is 50.2. The van der Waals surface area contributed by atoms with Gasteiger partial charge in [-0.15, -0.1) is 13.2 Å². The van der Waals surface area contributed by atoms with Crippen LogP contribution in [-0.4, -0.2) is 6.36 Å². The summed E-state index contributed by atoms with van der Waals surface area (Å²) in [5, 5.41) is 8.72. The average Bonchev–Trinajstić information content (AvgIpc) is 3.32. The Kier molecular flexibility index (Phi) is 40.7. The van der Waals surface area contributed by atoms with Gasteiger partial charge in [0.25, 0.3) is 0 Å². The predicted octanol–water partition coefficient (Wildman–Crippen LogP) is 24.1. The second-order valence-corrected chi connectivity index (χ2v) is 21.0. The van der Waals surface area contributed by atoms with Crippen LogP contribution in [0.4, 0.5) is 18.9 Å². The van der Waals surface area contributed by atoms with E-state index in [1.165, 1.54) is 51.1 Å². The van der Waals surface area contributed by atoms with Crippen LogP contribution in [0.2, 0.25) is 0 Å². The molecule has 0 bridgehead atoms. The van der Waals surface area contributed by atoms with Crippen molar-refractivity contribution in [1.82, 2.24) is 0 Å².